The van der Waals surface area contributed by atoms with Gasteiger partial charge in [0, 0.05) is 44.8 Å². The number of ether oxygens (including phenoxy) is 1. The van der Waals surface area contributed by atoms with Crippen molar-refractivity contribution in [2.45, 2.75) is 26.5 Å². The number of hydrogen-bond donors (Lipinski definition) is 1. The molecular weight excluding hydrogens is 378 g/mol. The van der Waals surface area contributed by atoms with Crippen LogP contribution < -0.4 is 5.32 Å². The number of aryl methyl sites for hydroxylation is 1. The van der Waals surface area contributed by atoms with Crippen molar-refractivity contribution in [3.63, 3.8) is 0 Å². The molecule has 1 fully saturated rings. The number of fused-ring (bicyclic) bond motifs is 1. The standard InChI is InChI=1S/C23H29N5O2/c1-16(2)13-24-23(29)19-12-21(26-20-7-5-4-6-18(19)20)22-15-28(10-11-30-22)14-17-8-9-25-27(17)3/h4-9,12,16,22H,10-11,13-15H2,1-3H3,(H,24,29)/t22-/m1/s1. The van der Waals surface area contributed by atoms with Gasteiger partial charge in [0.25, 0.3) is 5.91 Å². The molecule has 1 N–H and O–H groups in total. The van der Waals surface area contributed by atoms with E-state index in [-0.39, 0.29) is 12.0 Å². The number of carbonyl (C=O) groups is 1. The first-order valence-corrected chi connectivity index (χ1v) is 10.5. The van der Waals surface area contributed by atoms with Crippen molar-refractivity contribution < 1.29 is 9.53 Å². The van der Waals surface area contributed by atoms with Gasteiger partial charge in [0.15, 0.2) is 0 Å². The molecule has 30 heavy (non-hydrogen) atoms. The Bertz CT molecular complexity index is 1030. The van der Waals surface area contributed by atoms with E-state index in [2.05, 4.69) is 29.2 Å². The fourth-order valence-corrected chi connectivity index (χ4v) is 3.75. The van der Waals surface area contributed by atoms with Crippen molar-refractivity contribution in [2.75, 3.05) is 26.2 Å². The van der Waals surface area contributed by atoms with Gasteiger partial charge in [-0.1, -0.05) is 32.0 Å². The molecule has 4 rings (SSSR count). The second-order valence-electron chi connectivity index (χ2n) is 8.26. The van der Waals surface area contributed by atoms with Gasteiger partial charge in [-0.05, 0) is 24.1 Å². The molecule has 7 heteroatoms. The summed E-state index contributed by atoms with van der Waals surface area (Å²) < 4.78 is 7.97. The molecule has 1 aliphatic heterocycles. The minimum atomic E-state index is -0.173. The van der Waals surface area contributed by atoms with Gasteiger partial charge in [-0.3, -0.25) is 14.4 Å². The first-order chi connectivity index (χ1) is 14.5. The Morgan fingerprint density at radius 3 is 2.90 bits per heavy atom. The van der Waals surface area contributed by atoms with Crippen molar-refractivity contribution in [3.8, 4) is 0 Å². The second-order valence-corrected chi connectivity index (χ2v) is 8.26. The van der Waals surface area contributed by atoms with Crippen LogP contribution in [0.5, 0.6) is 0 Å². The molecular formula is C23H29N5O2. The minimum absolute atomic E-state index is 0.0638. The van der Waals surface area contributed by atoms with Gasteiger partial charge in [-0.2, -0.15) is 5.10 Å². The van der Waals surface area contributed by atoms with Gasteiger partial charge in [-0.15, -0.1) is 0 Å². The topological polar surface area (TPSA) is 72.3 Å². The van der Waals surface area contributed by atoms with Gasteiger partial charge >= 0.3 is 0 Å². The molecule has 0 saturated carbocycles. The number of pyridine rings is 1. The highest BCUT2D eigenvalue weighted by Crippen LogP contribution is 2.26. The first-order valence-electron chi connectivity index (χ1n) is 10.5. The highest BCUT2D eigenvalue weighted by atomic mass is 16.5. The second kappa shape index (κ2) is 8.93. The summed E-state index contributed by atoms with van der Waals surface area (Å²) in [5, 5.41) is 8.16. The van der Waals surface area contributed by atoms with Gasteiger partial charge < -0.3 is 10.1 Å². The third kappa shape index (κ3) is 4.52. The van der Waals surface area contributed by atoms with E-state index in [0.717, 1.165) is 41.9 Å². The quantitative estimate of drug-likeness (QED) is 0.680. The van der Waals surface area contributed by atoms with Crippen molar-refractivity contribution in [3.05, 3.63) is 59.5 Å². The van der Waals surface area contributed by atoms with E-state index in [9.17, 15) is 4.79 Å². The highest BCUT2D eigenvalue weighted by molar-refractivity contribution is 6.06. The zero-order chi connectivity index (χ0) is 21.1. The summed E-state index contributed by atoms with van der Waals surface area (Å²) in [5.41, 5.74) is 3.44. The minimum Gasteiger partial charge on any atom is -0.369 e. The molecule has 0 unspecified atom stereocenters. The van der Waals surface area contributed by atoms with Crippen LogP contribution in [0.4, 0.5) is 0 Å². The third-order valence-electron chi connectivity index (χ3n) is 5.44. The predicted octanol–water partition coefficient (Wildman–Crippen LogP) is 2.93. The molecule has 158 valence electrons. The first kappa shape index (κ1) is 20.5. The number of rotatable bonds is 6. The lowest BCUT2D eigenvalue weighted by Crippen LogP contribution is -2.38. The summed E-state index contributed by atoms with van der Waals surface area (Å²) in [4.78, 5) is 20.1. The van der Waals surface area contributed by atoms with Crippen molar-refractivity contribution >= 4 is 16.8 Å². The smallest absolute Gasteiger partial charge is 0.252 e. The fraction of sp³-hybridized carbons (Fsp3) is 0.435. The lowest BCUT2D eigenvalue weighted by Gasteiger charge is -2.32. The van der Waals surface area contributed by atoms with Crippen molar-refractivity contribution in [1.29, 1.82) is 0 Å². The molecule has 1 atom stereocenters. The van der Waals surface area contributed by atoms with E-state index < -0.39 is 0 Å². The summed E-state index contributed by atoms with van der Waals surface area (Å²) in [7, 11) is 1.96. The average molecular weight is 408 g/mol. The molecule has 3 aromatic rings. The molecule has 3 heterocycles. The lowest BCUT2D eigenvalue weighted by atomic mass is 10.0. The van der Waals surface area contributed by atoms with E-state index in [1.54, 1.807) is 0 Å². The van der Waals surface area contributed by atoms with Crippen LogP contribution in [0.1, 0.15) is 41.7 Å². The van der Waals surface area contributed by atoms with E-state index in [1.807, 2.05) is 54.3 Å². The summed E-state index contributed by atoms with van der Waals surface area (Å²) in [6.45, 7) is 7.84. The van der Waals surface area contributed by atoms with Gasteiger partial charge in [-0.25, -0.2) is 4.98 Å². The maximum Gasteiger partial charge on any atom is 0.252 e. The number of hydrogen-bond acceptors (Lipinski definition) is 5. The Labute approximate surface area is 177 Å². The largest absolute Gasteiger partial charge is 0.369 e. The van der Waals surface area contributed by atoms with Crippen LogP contribution >= 0.6 is 0 Å². The molecule has 7 nitrogen and oxygen atoms in total. The number of nitrogens with one attached hydrogen (secondary N) is 1. The van der Waals surface area contributed by atoms with Crippen molar-refractivity contribution in [1.82, 2.24) is 25.0 Å². The number of para-hydroxylation sites is 1. The molecule has 0 aliphatic carbocycles. The molecule has 0 radical (unpaired) electrons. The molecule has 1 aliphatic rings. The van der Waals surface area contributed by atoms with Crippen LogP contribution in [-0.4, -0.2) is 51.8 Å². The Hall–Kier alpha value is -2.77. The van der Waals surface area contributed by atoms with Crippen LogP contribution in [0, 0.1) is 5.92 Å². The predicted molar refractivity (Wildman–Crippen MR) is 116 cm³/mol. The molecule has 1 amide bonds. The normalized spacial score (nSPS) is 17.5. The summed E-state index contributed by atoms with van der Waals surface area (Å²) >= 11 is 0. The lowest BCUT2D eigenvalue weighted by molar-refractivity contribution is -0.0355. The number of morpholine rings is 1. The maximum atomic E-state index is 12.9. The van der Waals surface area contributed by atoms with E-state index in [0.29, 0.717) is 24.6 Å². The van der Waals surface area contributed by atoms with Crippen LogP contribution in [0.25, 0.3) is 10.9 Å². The molecule has 0 bridgehead atoms. The molecule has 1 aromatic carbocycles. The number of carbonyl (C=O) groups excluding carboxylic acids is 1. The van der Waals surface area contributed by atoms with Crippen LogP contribution in [0.3, 0.4) is 0 Å². The SMILES string of the molecule is CC(C)CNC(=O)c1cc([C@H]2CN(Cc3ccnn3C)CCO2)nc2ccccc12. The fourth-order valence-electron chi connectivity index (χ4n) is 3.75. The third-order valence-corrected chi connectivity index (χ3v) is 5.44. The Balaban J connectivity index is 1.60. The zero-order valence-electron chi connectivity index (χ0n) is 17.8. The summed E-state index contributed by atoms with van der Waals surface area (Å²) in [5.74, 6) is 0.329. The van der Waals surface area contributed by atoms with Crippen molar-refractivity contribution in [2.24, 2.45) is 13.0 Å². The van der Waals surface area contributed by atoms with Crippen LogP contribution in [0.15, 0.2) is 42.6 Å². The number of benzene rings is 1. The van der Waals surface area contributed by atoms with Crippen LogP contribution in [-0.2, 0) is 18.3 Å². The maximum absolute atomic E-state index is 12.9. The van der Waals surface area contributed by atoms with E-state index in [1.165, 1.54) is 0 Å². The Morgan fingerprint density at radius 2 is 2.13 bits per heavy atom. The number of amides is 1. The zero-order valence-corrected chi connectivity index (χ0v) is 17.8. The average Bonchev–Trinajstić information content (AvgIpc) is 3.15. The van der Waals surface area contributed by atoms with Gasteiger partial charge in [0.05, 0.1) is 29.1 Å². The monoisotopic (exact) mass is 407 g/mol. The summed E-state index contributed by atoms with van der Waals surface area (Å²) in [6, 6.07) is 11.7. The van der Waals surface area contributed by atoms with E-state index in [4.69, 9.17) is 9.72 Å². The molecule has 1 saturated heterocycles. The van der Waals surface area contributed by atoms with Gasteiger partial charge in [0.1, 0.15) is 6.10 Å². The summed E-state index contributed by atoms with van der Waals surface area (Å²) in [6.07, 6.45) is 1.65. The highest BCUT2D eigenvalue weighted by Gasteiger charge is 2.25. The Morgan fingerprint density at radius 1 is 1.30 bits per heavy atom. The molecule has 0 spiro atoms. The van der Waals surface area contributed by atoms with Crippen LogP contribution in [0.2, 0.25) is 0 Å². The number of aromatic nitrogens is 3. The molecule has 2 aromatic heterocycles. The van der Waals surface area contributed by atoms with E-state index >= 15 is 0 Å². The number of nitrogens with zero attached hydrogens (tertiary/aromatic N) is 4. The Kier molecular flexibility index (Phi) is 6.11. The van der Waals surface area contributed by atoms with Gasteiger partial charge in [0.2, 0.25) is 0 Å².